The third-order valence-electron chi connectivity index (χ3n) is 4.15. The van der Waals surface area contributed by atoms with Crippen LogP contribution in [0.2, 0.25) is 0 Å². The fraction of sp³-hybridized carbons (Fsp3) is 0.143. The number of aliphatic imine (C=N–C) groups is 2. The topological polar surface area (TPSA) is 83.4 Å². The Morgan fingerprint density at radius 2 is 1.86 bits per heavy atom. The predicted octanol–water partition coefficient (Wildman–Crippen LogP) is 3.59. The number of urea groups is 1. The second-order valence-corrected chi connectivity index (χ2v) is 6.06. The van der Waals surface area contributed by atoms with Crippen molar-refractivity contribution in [1.82, 2.24) is 10.2 Å². The minimum atomic E-state index is -0.469. The van der Waals surface area contributed by atoms with E-state index in [1.165, 1.54) is 11.1 Å². The molecular weight excluding hydrogens is 356 g/mol. The Hall–Kier alpha value is -3.74. The van der Waals surface area contributed by atoms with Crippen LogP contribution in [-0.4, -0.2) is 36.1 Å². The van der Waals surface area contributed by atoms with Gasteiger partial charge in [0, 0.05) is 24.2 Å². The van der Waals surface area contributed by atoms with E-state index in [2.05, 4.69) is 22.0 Å². The third-order valence-corrected chi connectivity index (χ3v) is 4.15. The van der Waals surface area contributed by atoms with Gasteiger partial charge in [-0.3, -0.25) is 15.0 Å². The number of nitrogens with zero attached hydrogens (tertiary/aromatic N) is 3. The Morgan fingerprint density at radius 1 is 1.14 bits per heavy atom. The Labute approximate surface area is 163 Å². The summed E-state index contributed by atoms with van der Waals surface area (Å²) in [6, 6.07) is 17.0. The number of carbonyl (C=O) groups excluding carboxylic acids is 2. The van der Waals surface area contributed by atoms with E-state index in [-0.39, 0.29) is 18.3 Å². The van der Waals surface area contributed by atoms with Crippen LogP contribution in [0.3, 0.4) is 0 Å². The van der Waals surface area contributed by atoms with Crippen LogP contribution in [0.25, 0.3) is 11.1 Å². The average molecular weight is 376 g/mol. The monoisotopic (exact) mass is 376 g/mol. The predicted molar refractivity (Wildman–Crippen MR) is 108 cm³/mol. The van der Waals surface area contributed by atoms with Crippen LogP contribution in [0.5, 0.6) is 5.75 Å². The molecule has 1 N–H and O–H groups in total. The number of allylic oxidation sites excluding steroid dienone is 1. The number of benzene rings is 2. The maximum Gasteiger partial charge on any atom is 0.328 e. The van der Waals surface area contributed by atoms with Crippen LogP contribution in [-0.2, 0) is 4.79 Å². The number of carbonyl (C=O) groups is 2. The largest absolute Gasteiger partial charge is 0.424 e. The summed E-state index contributed by atoms with van der Waals surface area (Å²) in [4.78, 5) is 32.6. The van der Waals surface area contributed by atoms with Crippen molar-refractivity contribution in [3.8, 4) is 16.9 Å². The van der Waals surface area contributed by atoms with Crippen LogP contribution in [0.1, 0.15) is 13.3 Å². The molecule has 7 heteroatoms. The lowest BCUT2D eigenvalue weighted by molar-refractivity contribution is -0.121. The first kappa shape index (κ1) is 19.0. The molecule has 1 saturated heterocycles. The summed E-state index contributed by atoms with van der Waals surface area (Å²) < 4.78 is 5.83. The van der Waals surface area contributed by atoms with Crippen LogP contribution < -0.4 is 10.1 Å². The van der Waals surface area contributed by atoms with Gasteiger partial charge in [0.15, 0.2) is 0 Å². The summed E-state index contributed by atoms with van der Waals surface area (Å²) in [6.07, 6.45) is 1.71. The number of rotatable bonds is 4. The van der Waals surface area contributed by atoms with Gasteiger partial charge in [0.1, 0.15) is 5.75 Å². The van der Waals surface area contributed by atoms with Crippen molar-refractivity contribution in [2.45, 2.75) is 13.3 Å². The highest BCUT2D eigenvalue weighted by Gasteiger charge is 2.23. The molecule has 28 heavy (non-hydrogen) atoms. The summed E-state index contributed by atoms with van der Waals surface area (Å²) in [7, 11) is 0. The molecule has 1 aliphatic heterocycles. The first-order valence-corrected chi connectivity index (χ1v) is 8.73. The zero-order valence-corrected chi connectivity index (χ0v) is 15.5. The molecule has 0 unspecified atom stereocenters. The molecule has 0 aliphatic carbocycles. The van der Waals surface area contributed by atoms with Crippen molar-refractivity contribution in [3.63, 3.8) is 0 Å². The van der Waals surface area contributed by atoms with Crippen LogP contribution in [0, 0.1) is 0 Å². The average Bonchev–Trinajstić information content (AvgIpc) is 2.71. The summed E-state index contributed by atoms with van der Waals surface area (Å²) in [5.41, 5.74) is 2.46. The van der Waals surface area contributed by atoms with Gasteiger partial charge in [0.25, 0.3) is 0 Å². The van der Waals surface area contributed by atoms with Gasteiger partial charge in [0.2, 0.25) is 5.91 Å². The Balaban J connectivity index is 1.81. The van der Waals surface area contributed by atoms with Crippen molar-refractivity contribution >= 4 is 24.7 Å². The molecule has 0 spiro atoms. The molecule has 0 aromatic heterocycles. The fourth-order valence-electron chi connectivity index (χ4n) is 2.73. The lowest BCUT2D eigenvalue weighted by Crippen LogP contribution is -2.48. The summed E-state index contributed by atoms with van der Waals surface area (Å²) in [5.74, 6) is 0.305. The van der Waals surface area contributed by atoms with Gasteiger partial charge >= 0.3 is 12.1 Å². The minimum Gasteiger partial charge on any atom is -0.424 e. The molecule has 7 nitrogen and oxygen atoms in total. The number of para-hydroxylation sites is 1. The van der Waals surface area contributed by atoms with Gasteiger partial charge < -0.3 is 4.74 Å². The van der Waals surface area contributed by atoms with Gasteiger partial charge in [-0.15, -0.1) is 0 Å². The smallest absolute Gasteiger partial charge is 0.328 e. The molecule has 3 rings (SSSR count). The van der Waals surface area contributed by atoms with Crippen molar-refractivity contribution < 1.29 is 14.3 Å². The molecule has 1 heterocycles. The Morgan fingerprint density at radius 3 is 2.57 bits per heavy atom. The number of imide groups is 1. The van der Waals surface area contributed by atoms with Crippen molar-refractivity contribution in [2.75, 3.05) is 6.54 Å². The van der Waals surface area contributed by atoms with Crippen molar-refractivity contribution in [3.05, 3.63) is 66.5 Å². The molecule has 1 aliphatic rings. The molecule has 2 aromatic rings. The highest BCUT2D eigenvalue weighted by molar-refractivity contribution is 5.97. The number of nitrogens with one attached hydrogen (secondary N) is 1. The van der Waals surface area contributed by atoms with E-state index in [4.69, 9.17) is 4.74 Å². The standard InChI is InChI=1S/C21H20N4O3/c1-15(25-13-12-19(26)24-21(25)27)14-23-20(22-2)28-18-11-7-6-10-17(18)16-8-4-3-5-9-16/h3-11,14H,2,12-13H2,1H3,(H,24,26,27)/b15-14+,23-20?. The molecule has 3 amide bonds. The molecule has 0 saturated carbocycles. The minimum absolute atomic E-state index is 0.0521. The number of hydrogen-bond acceptors (Lipinski definition) is 4. The lowest BCUT2D eigenvalue weighted by Gasteiger charge is -2.26. The molecule has 1 fully saturated rings. The number of hydrogen-bond donors (Lipinski definition) is 1. The van der Waals surface area contributed by atoms with Crippen LogP contribution >= 0.6 is 0 Å². The second-order valence-electron chi connectivity index (χ2n) is 6.06. The van der Waals surface area contributed by atoms with E-state index in [0.717, 1.165) is 11.1 Å². The lowest BCUT2D eigenvalue weighted by atomic mass is 10.1. The second kappa shape index (κ2) is 8.77. The van der Waals surface area contributed by atoms with Crippen molar-refractivity contribution in [2.24, 2.45) is 9.98 Å². The summed E-state index contributed by atoms with van der Waals surface area (Å²) in [6.45, 7) is 5.52. The van der Waals surface area contributed by atoms with E-state index < -0.39 is 6.03 Å². The van der Waals surface area contributed by atoms with Gasteiger partial charge in [0.05, 0.1) is 6.20 Å². The first-order chi connectivity index (χ1) is 13.6. The zero-order valence-electron chi connectivity index (χ0n) is 15.5. The van der Waals surface area contributed by atoms with Gasteiger partial charge in [-0.25, -0.2) is 14.8 Å². The SMILES string of the molecule is C=NC(=N/C=C(\C)N1CCC(=O)NC1=O)Oc1ccccc1-c1ccccc1. The molecule has 0 bridgehead atoms. The van der Waals surface area contributed by atoms with E-state index >= 15 is 0 Å². The van der Waals surface area contributed by atoms with Gasteiger partial charge in [-0.05, 0) is 25.3 Å². The maximum atomic E-state index is 11.9. The molecular formula is C21H20N4O3. The number of ether oxygens (including phenoxy) is 1. The van der Waals surface area contributed by atoms with Gasteiger partial charge in [-0.2, -0.15) is 0 Å². The van der Waals surface area contributed by atoms with E-state index in [1.807, 2.05) is 54.6 Å². The highest BCUT2D eigenvalue weighted by Crippen LogP contribution is 2.29. The number of amidine groups is 1. The third kappa shape index (κ3) is 4.50. The van der Waals surface area contributed by atoms with Crippen molar-refractivity contribution in [1.29, 1.82) is 0 Å². The quantitative estimate of drug-likeness (QED) is 0.654. The normalized spacial score (nSPS) is 15.2. The molecule has 142 valence electrons. The summed E-state index contributed by atoms with van der Waals surface area (Å²) in [5, 5.41) is 2.27. The molecule has 2 aromatic carbocycles. The fourth-order valence-corrected chi connectivity index (χ4v) is 2.73. The van der Waals surface area contributed by atoms with Gasteiger partial charge in [-0.1, -0.05) is 48.5 Å². The van der Waals surface area contributed by atoms with Crippen LogP contribution in [0.4, 0.5) is 4.79 Å². The Bertz CT molecular complexity index is 951. The molecule has 0 radical (unpaired) electrons. The van der Waals surface area contributed by atoms with E-state index in [9.17, 15) is 9.59 Å². The maximum absolute atomic E-state index is 11.9. The first-order valence-electron chi connectivity index (χ1n) is 8.73. The summed E-state index contributed by atoms with van der Waals surface area (Å²) >= 11 is 0. The number of amides is 3. The highest BCUT2D eigenvalue weighted by atomic mass is 16.5. The van der Waals surface area contributed by atoms with E-state index in [0.29, 0.717) is 18.0 Å². The zero-order chi connectivity index (χ0) is 19.9. The van der Waals surface area contributed by atoms with E-state index in [1.54, 1.807) is 6.92 Å². The Kier molecular flexibility index (Phi) is 5.96. The van der Waals surface area contributed by atoms with Crippen LogP contribution in [0.15, 0.2) is 76.5 Å². The molecule has 0 atom stereocenters.